The SMILES string of the molecule is CC(C)(C)C1CN(C(=O)O)C[C@@H](C(C)(C)O)[C@H](c2ccc(Cl)c(Cl)c2)O1. The Bertz CT molecular complexity index is 666. The molecule has 3 atom stereocenters. The molecule has 0 bridgehead atoms. The topological polar surface area (TPSA) is 70.0 Å². The zero-order valence-electron chi connectivity index (χ0n) is 15.8. The Morgan fingerprint density at radius 1 is 1.15 bits per heavy atom. The normalized spacial score (nSPS) is 25.1. The van der Waals surface area contributed by atoms with Crippen molar-refractivity contribution in [2.24, 2.45) is 11.3 Å². The summed E-state index contributed by atoms with van der Waals surface area (Å²) in [4.78, 5) is 13.1. The number of hydrogen-bond acceptors (Lipinski definition) is 3. The van der Waals surface area contributed by atoms with Crippen LogP contribution in [-0.4, -0.2) is 46.0 Å². The average Bonchev–Trinajstić information content (AvgIpc) is 2.69. The second-order valence-corrected chi connectivity index (χ2v) is 9.35. The van der Waals surface area contributed by atoms with Crippen molar-refractivity contribution in [3.05, 3.63) is 33.8 Å². The van der Waals surface area contributed by atoms with Crippen LogP contribution in [0.25, 0.3) is 0 Å². The first kappa shape index (κ1) is 21.3. The van der Waals surface area contributed by atoms with E-state index >= 15 is 0 Å². The summed E-state index contributed by atoms with van der Waals surface area (Å²) in [6.07, 6.45) is -1.88. The van der Waals surface area contributed by atoms with Crippen LogP contribution >= 0.6 is 23.2 Å². The Labute approximate surface area is 164 Å². The van der Waals surface area contributed by atoms with Gasteiger partial charge in [-0.25, -0.2) is 4.79 Å². The van der Waals surface area contributed by atoms with Crippen LogP contribution in [0.5, 0.6) is 0 Å². The molecule has 1 aliphatic heterocycles. The van der Waals surface area contributed by atoms with Crippen LogP contribution < -0.4 is 0 Å². The summed E-state index contributed by atoms with van der Waals surface area (Å²) < 4.78 is 6.41. The molecule has 0 radical (unpaired) electrons. The highest BCUT2D eigenvalue weighted by atomic mass is 35.5. The molecule has 1 unspecified atom stereocenters. The third kappa shape index (κ3) is 4.83. The number of amides is 1. The molecule has 1 amide bonds. The van der Waals surface area contributed by atoms with Crippen LogP contribution in [0.15, 0.2) is 18.2 Å². The van der Waals surface area contributed by atoms with Crippen LogP contribution in [0.4, 0.5) is 4.79 Å². The first-order valence-corrected chi connectivity index (χ1v) is 9.37. The van der Waals surface area contributed by atoms with E-state index in [9.17, 15) is 15.0 Å². The van der Waals surface area contributed by atoms with Crippen LogP contribution in [0.2, 0.25) is 10.0 Å². The van der Waals surface area contributed by atoms with Crippen LogP contribution in [0.1, 0.15) is 46.3 Å². The molecule has 0 aliphatic carbocycles. The number of benzene rings is 1. The lowest BCUT2D eigenvalue weighted by Crippen LogP contribution is -2.44. The third-order valence-electron chi connectivity index (χ3n) is 4.90. The van der Waals surface area contributed by atoms with E-state index < -0.39 is 23.7 Å². The van der Waals surface area contributed by atoms with Gasteiger partial charge in [0.25, 0.3) is 0 Å². The van der Waals surface area contributed by atoms with Gasteiger partial charge in [0.2, 0.25) is 0 Å². The largest absolute Gasteiger partial charge is 0.465 e. The standard InChI is InChI=1S/C19H27Cl2NO4/c1-18(2,3)15-10-22(17(23)24)9-12(19(4,5)25)16(26-15)11-6-7-13(20)14(21)8-11/h6-8,12,15-16,25H,9-10H2,1-5H3,(H,23,24)/t12-,15?,16+/m1/s1. The van der Waals surface area contributed by atoms with E-state index in [0.29, 0.717) is 10.0 Å². The predicted octanol–water partition coefficient (Wildman–Crippen LogP) is 4.85. The van der Waals surface area contributed by atoms with Crippen molar-refractivity contribution >= 4 is 29.3 Å². The first-order valence-electron chi connectivity index (χ1n) is 8.61. The summed E-state index contributed by atoms with van der Waals surface area (Å²) >= 11 is 12.2. The van der Waals surface area contributed by atoms with Gasteiger partial charge in [-0.3, -0.25) is 0 Å². The van der Waals surface area contributed by atoms with Gasteiger partial charge < -0.3 is 19.8 Å². The van der Waals surface area contributed by atoms with Gasteiger partial charge in [-0.1, -0.05) is 50.0 Å². The fourth-order valence-electron chi connectivity index (χ4n) is 3.15. The van der Waals surface area contributed by atoms with E-state index in [1.54, 1.807) is 26.0 Å². The smallest absolute Gasteiger partial charge is 0.407 e. The molecule has 1 aliphatic rings. The molecule has 5 nitrogen and oxygen atoms in total. The molecule has 26 heavy (non-hydrogen) atoms. The molecule has 0 spiro atoms. The molecule has 0 aromatic heterocycles. The van der Waals surface area contributed by atoms with Gasteiger partial charge in [0.05, 0.1) is 34.4 Å². The van der Waals surface area contributed by atoms with Crippen molar-refractivity contribution in [1.29, 1.82) is 0 Å². The number of carboxylic acid groups (broad SMARTS) is 1. The van der Waals surface area contributed by atoms with Crippen molar-refractivity contribution in [3.8, 4) is 0 Å². The summed E-state index contributed by atoms with van der Waals surface area (Å²) in [5.74, 6) is -0.469. The van der Waals surface area contributed by atoms with Crippen molar-refractivity contribution in [1.82, 2.24) is 4.90 Å². The van der Waals surface area contributed by atoms with Gasteiger partial charge in [-0.15, -0.1) is 0 Å². The van der Waals surface area contributed by atoms with E-state index in [1.165, 1.54) is 4.90 Å². The summed E-state index contributed by atoms with van der Waals surface area (Å²) in [6, 6.07) is 5.23. The lowest BCUT2D eigenvalue weighted by molar-refractivity contribution is -0.114. The van der Waals surface area contributed by atoms with Crippen molar-refractivity contribution in [3.63, 3.8) is 0 Å². The van der Waals surface area contributed by atoms with Crippen LogP contribution in [-0.2, 0) is 4.74 Å². The number of nitrogens with zero attached hydrogens (tertiary/aromatic N) is 1. The fourth-order valence-corrected chi connectivity index (χ4v) is 3.46. The molecule has 146 valence electrons. The van der Waals surface area contributed by atoms with Gasteiger partial charge in [0, 0.05) is 12.5 Å². The third-order valence-corrected chi connectivity index (χ3v) is 5.63. The van der Waals surface area contributed by atoms with Crippen molar-refractivity contribution in [2.75, 3.05) is 13.1 Å². The number of halogens is 2. The number of ether oxygens (including phenoxy) is 1. The molecule has 1 fully saturated rings. The van der Waals surface area contributed by atoms with E-state index in [1.807, 2.05) is 26.8 Å². The van der Waals surface area contributed by atoms with Gasteiger partial charge in [0.15, 0.2) is 0 Å². The zero-order valence-corrected chi connectivity index (χ0v) is 17.3. The maximum Gasteiger partial charge on any atom is 0.407 e. The van der Waals surface area contributed by atoms with Crippen molar-refractivity contribution in [2.45, 2.75) is 52.4 Å². The second kappa shape index (κ2) is 7.55. The van der Waals surface area contributed by atoms with Crippen molar-refractivity contribution < 1.29 is 19.7 Å². The molecule has 1 aromatic rings. The number of rotatable bonds is 2. The van der Waals surface area contributed by atoms with Crippen LogP contribution in [0.3, 0.4) is 0 Å². The average molecular weight is 404 g/mol. The van der Waals surface area contributed by atoms with Crippen LogP contribution in [0, 0.1) is 11.3 Å². The highest BCUT2D eigenvalue weighted by molar-refractivity contribution is 6.42. The minimum Gasteiger partial charge on any atom is -0.465 e. The minimum absolute atomic E-state index is 0.163. The molecule has 2 N–H and O–H groups in total. The molecule has 7 heteroatoms. The summed E-state index contributed by atoms with van der Waals surface area (Å²) in [6.45, 7) is 9.77. The maximum absolute atomic E-state index is 11.7. The monoisotopic (exact) mass is 403 g/mol. The summed E-state index contributed by atoms with van der Waals surface area (Å²) in [5, 5.41) is 21.2. The Hall–Kier alpha value is -1.01. The molecule has 1 aromatic carbocycles. The van der Waals surface area contributed by atoms with Gasteiger partial charge in [-0.2, -0.15) is 0 Å². The quantitative estimate of drug-likeness (QED) is 0.740. The lowest BCUT2D eigenvalue weighted by atomic mass is 9.82. The zero-order chi connectivity index (χ0) is 19.9. The highest BCUT2D eigenvalue weighted by Gasteiger charge is 2.44. The van der Waals surface area contributed by atoms with E-state index in [4.69, 9.17) is 27.9 Å². The Kier molecular flexibility index (Phi) is 6.18. The number of aliphatic hydroxyl groups is 1. The molecule has 0 saturated carbocycles. The summed E-state index contributed by atoms with van der Waals surface area (Å²) in [7, 11) is 0. The van der Waals surface area contributed by atoms with E-state index in [-0.39, 0.29) is 24.6 Å². The number of hydrogen-bond donors (Lipinski definition) is 2. The Balaban J connectivity index is 2.54. The number of carbonyl (C=O) groups is 1. The highest BCUT2D eigenvalue weighted by Crippen LogP contribution is 2.42. The molecular formula is C19H27Cl2NO4. The predicted molar refractivity (Wildman–Crippen MR) is 103 cm³/mol. The van der Waals surface area contributed by atoms with E-state index in [2.05, 4.69) is 0 Å². The Morgan fingerprint density at radius 2 is 1.77 bits per heavy atom. The summed E-state index contributed by atoms with van der Waals surface area (Å²) in [5.41, 5.74) is -0.665. The van der Waals surface area contributed by atoms with Gasteiger partial charge in [-0.05, 0) is 37.0 Å². The molecule has 2 rings (SSSR count). The minimum atomic E-state index is -1.16. The molecule has 1 heterocycles. The first-order chi connectivity index (χ1) is 11.8. The fraction of sp³-hybridized carbons (Fsp3) is 0.632. The lowest BCUT2D eigenvalue weighted by Gasteiger charge is -2.37. The van der Waals surface area contributed by atoms with Gasteiger partial charge in [0.1, 0.15) is 0 Å². The van der Waals surface area contributed by atoms with E-state index in [0.717, 1.165) is 5.56 Å². The Morgan fingerprint density at radius 3 is 2.23 bits per heavy atom. The second-order valence-electron chi connectivity index (χ2n) is 8.53. The molecule has 1 saturated heterocycles. The maximum atomic E-state index is 11.7. The van der Waals surface area contributed by atoms with Gasteiger partial charge >= 0.3 is 6.09 Å². The molecular weight excluding hydrogens is 377 g/mol.